The number of nitrogens with zero attached hydrogens (tertiary/aromatic N) is 4. The lowest BCUT2D eigenvalue weighted by Gasteiger charge is -2.43. The Morgan fingerprint density at radius 2 is 1.84 bits per heavy atom. The summed E-state index contributed by atoms with van der Waals surface area (Å²) in [6.45, 7) is 2.17. The summed E-state index contributed by atoms with van der Waals surface area (Å²) in [6, 6.07) is 7.16. The highest BCUT2D eigenvalue weighted by atomic mass is 32.2. The first kappa shape index (κ1) is 26.6. The van der Waals surface area contributed by atoms with E-state index >= 15 is 0 Å². The van der Waals surface area contributed by atoms with Crippen molar-refractivity contribution in [2.45, 2.75) is 37.4 Å². The number of piperidine rings is 1. The monoisotopic (exact) mass is 532 g/mol. The molecule has 3 aliphatic heterocycles. The largest absolute Gasteiger partial charge is 0.480 e. The average Bonchev–Trinajstić information content (AvgIpc) is 3.47. The molecule has 3 N–H and O–H groups in total. The Bertz CT molecular complexity index is 1060. The molecule has 2 atom stereocenters. The van der Waals surface area contributed by atoms with Crippen LogP contribution < -0.4 is 15.5 Å². The zero-order valence-electron chi connectivity index (χ0n) is 20.9. The third-order valence-corrected chi connectivity index (χ3v) is 8.23. The SMILES string of the molecule is CC(=O)N1CSC[C@H]1C(=O)N[C@@H](CNC(=O)N1CCC2(CC1)C(=O)N(C)CN2c1ccccc1)C(=O)O. The van der Waals surface area contributed by atoms with Crippen molar-refractivity contribution in [2.75, 3.05) is 49.9 Å². The molecule has 3 saturated heterocycles. The zero-order chi connectivity index (χ0) is 26.7. The Kier molecular flexibility index (Phi) is 7.81. The third kappa shape index (κ3) is 5.31. The summed E-state index contributed by atoms with van der Waals surface area (Å²) in [7, 11) is 1.77. The van der Waals surface area contributed by atoms with E-state index in [1.165, 1.54) is 23.6 Å². The second-order valence-corrected chi connectivity index (χ2v) is 10.5. The van der Waals surface area contributed by atoms with Crippen LogP contribution in [-0.4, -0.2) is 112 Å². The van der Waals surface area contributed by atoms with Crippen molar-refractivity contribution < 1.29 is 29.1 Å². The molecule has 0 aliphatic carbocycles. The van der Waals surface area contributed by atoms with Crippen molar-refractivity contribution in [1.82, 2.24) is 25.3 Å². The average molecular weight is 533 g/mol. The number of urea groups is 1. The lowest BCUT2D eigenvalue weighted by Crippen LogP contribution is -2.59. The molecule has 37 heavy (non-hydrogen) atoms. The number of anilines is 1. The second kappa shape index (κ2) is 10.9. The van der Waals surface area contributed by atoms with Crippen LogP contribution in [-0.2, 0) is 19.2 Å². The topological polar surface area (TPSA) is 143 Å². The van der Waals surface area contributed by atoms with Gasteiger partial charge in [0.2, 0.25) is 17.7 Å². The Hall–Kier alpha value is -3.48. The van der Waals surface area contributed by atoms with Gasteiger partial charge in [-0.3, -0.25) is 14.4 Å². The molecule has 13 heteroatoms. The number of amides is 5. The molecule has 0 radical (unpaired) electrons. The molecule has 5 amide bonds. The van der Waals surface area contributed by atoms with E-state index in [1.54, 1.807) is 16.8 Å². The fraction of sp³-hybridized carbons (Fsp3) is 0.542. The fourth-order valence-electron chi connectivity index (χ4n) is 5.12. The molecule has 0 saturated carbocycles. The number of likely N-dealkylation sites (tertiary alicyclic amines) is 1. The Morgan fingerprint density at radius 1 is 1.16 bits per heavy atom. The number of carboxylic acids is 1. The minimum Gasteiger partial charge on any atom is -0.480 e. The van der Waals surface area contributed by atoms with Crippen LogP contribution in [0.3, 0.4) is 0 Å². The van der Waals surface area contributed by atoms with Crippen LogP contribution in [0, 0.1) is 0 Å². The van der Waals surface area contributed by atoms with Gasteiger partial charge in [0, 0.05) is 38.5 Å². The van der Waals surface area contributed by atoms with Crippen molar-refractivity contribution in [2.24, 2.45) is 0 Å². The smallest absolute Gasteiger partial charge is 0.328 e. The molecule has 3 fully saturated rings. The minimum absolute atomic E-state index is 0.0229. The summed E-state index contributed by atoms with van der Waals surface area (Å²) >= 11 is 1.42. The van der Waals surface area contributed by atoms with Crippen LogP contribution >= 0.6 is 11.8 Å². The third-order valence-electron chi connectivity index (χ3n) is 7.22. The van der Waals surface area contributed by atoms with Gasteiger partial charge in [-0.2, -0.15) is 0 Å². The Labute approximate surface area is 219 Å². The van der Waals surface area contributed by atoms with E-state index in [4.69, 9.17) is 0 Å². The number of hydrogen-bond acceptors (Lipinski definition) is 7. The highest BCUT2D eigenvalue weighted by Gasteiger charge is 2.53. The van der Waals surface area contributed by atoms with E-state index in [0.717, 1.165) is 5.69 Å². The van der Waals surface area contributed by atoms with Gasteiger partial charge in [0.25, 0.3) is 0 Å². The molecule has 4 rings (SSSR count). The molecular weight excluding hydrogens is 500 g/mol. The second-order valence-electron chi connectivity index (χ2n) is 9.52. The van der Waals surface area contributed by atoms with E-state index in [9.17, 15) is 29.1 Å². The van der Waals surface area contributed by atoms with E-state index in [2.05, 4.69) is 15.5 Å². The maximum absolute atomic E-state index is 13.1. The van der Waals surface area contributed by atoms with Gasteiger partial charge in [0.05, 0.1) is 19.1 Å². The number of para-hydroxylation sites is 1. The van der Waals surface area contributed by atoms with Crippen molar-refractivity contribution >= 4 is 47.2 Å². The molecular formula is C24H32N6O6S. The molecule has 1 aromatic carbocycles. The van der Waals surface area contributed by atoms with Gasteiger partial charge in [0.1, 0.15) is 17.6 Å². The standard InChI is InChI=1S/C24H32N6O6S/c1-16(31)29-15-37-13-19(29)20(32)26-18(21(33)34)12-25-23(36)28-10-8-24(9-11-28)22(35)27(2)14-30(24)17-6-4-3-5-7-17/h3-7,18-19H,8-15H2,1-2H3,(H,25,36)(H,26,32)(H,33,34)/t18-,19-/m0/s1. The van der Waals surface area contributed by atoms with Crippen molar-refractivity contribution in [3.63, 3.8) is 0 Å². The number of carbonyl (C=O) groups is 5. The predicted molar refractivity (Wildman–Crippen MR) is 137 cm³/mol. The first-order valence-electron chi connectivity index (χ1n) is 12.1. The fourth-order valence-corrected chi connectivity index (χ4v) is 6.34. The molecule has 0 aromatic heterocycles. The molecule has 0 bridgehead atoms. The summed E-state index contributed by atoms with van der Waals surface area (Å²) in [5.41, 5.74) is 0.217. The van der Waals surface area contributed by atoms with Gasteiger partial charge in [0.15, 0.2) is 0 Å². The number of thioether (sulfide) groups is 1. The van der Waals surface area contributed by atoms with Crippen molar-refractivity contribution in [3.8, 4) is 0 Å². The Morgan fingerprint density at radius 3 is 2.46 bits per heavy atom. The van der Waals surface area contributed by atoms with E-state index in [-0.39, 0.29) is 18.4 Å². The number of carboxylic acid groups (broad SMARTS) is 1. The van der Waals surface area contributed by atoms with Crippen molar-refractivity contribution in [1.29, 1.82) is 0 Å². The zero-order valence-corrected chi connectivity index (χ0v) is 21.7. The summed E-state index contributed by atoms with van der Waals surface area (Å²) in [4.78, 5) is 68.8. The number of likely N-dealkylation sites (N-methyl/N-ethyl adjacent to an activating group) is 1. The maximum atomic E-state index is 13.1. The van der Waals surface area contributed by atoms with Crippen LogP contribution in [0.1, 0.15) is 19.8 Å². The van der Waals surface area contributed by atoms with Crippen molar-refractivity contribution in [3.05, 3.63) is 30.3 Å². The van der Waals surface area contributed by atoms with Crippen LogP contribution in [0.4, 0.5) is 10.5 Å². The maximum Gasteiger partial charge on any atom is 0.328 e. The first-order chi connectivity index (χ1) is 17.6. The van der Waals surface area contributed by atoms with Gasteiger partial charge in [-0.15, -0.1) is 11.8 Å². The Balaban J connectivity index is 1.34. The van der Waals surface area contributed by atoms with Crippen LogP contribution in [0.5, 0.6) is 0 Å². The predicted octanol–water partition coefficient (Wildman–Crippen LogP) is -0.0425. The molecule has 1 aromatic rings. The van der Waals surface area contributed by atoms with Crippen LogP contribution in [0.25, 0.3) is 0 Å². The quantitative estimate of drug-likeness (QED) is 0.463. The highest BCUT2D eigenvalue weighted by Crippen LogP contribution is 2.38. The summed E-state index contributed by atoms with van der Waals surface area (Å²) in [5, 5.41) is 14.6. The lowest BCUT2D eigenvalue weighted by molar-refractivity contribution is -0.143. The summed E-state index contributed by atoms with van der Waals surface area (Å²) < 4.78 is 0. The molecule has 0 unspecified atom stereocenters. The van der Waals surface area contributed by atoms with Crippen LogP contribution in [0.2, 0.25) is 0 Å². The molecule has 200 valence electrons. The number of benzene rings is 1. The molecule has 12 nitrogen and oxygen atoms in total. The highest BCUT2D eigenvalue weighted by molar-refractivity contribution is 7.99. The molecule has 3 aliphatic rings. The van der Waals surface area contributed by atoms with Gasteiger partial charge in [-0.05, 0) is 25.0 Å². The van der Waals surface area contributed by atoms with Crippen LogP contribution in [0.15, 0.2) is 30.3 Å². The van der Waals surface area contributed by atoms with Gasteiger partial charge < -0.3 is 35.3 Å². The minimum atomic E-state index is -1.34. The normalized spacial score (nSPS) is 21.8. The first-order valence-corrected chi connectivity index (χ1v) is 13.3. The van der Waals surface area contributed by atoms with E-state index in [1.807, 2.05) is 30.3 Å². The van der Waals surface area contributed by atoms with Gasteiger partial charge >= 0.3 is 12.0 Å². The lowest BCUT2D eigenvalue weighted by atomic mass is 9.85. The van der Waals surface area contributed by atoms with E-state index < -0.39 is 35.5 Å². The van der Waals surface area contributed by atoms with Gasteiger partial charge in [-0.25, -0.2) is 9.59 Å². The number of aliphatic carboxylic acids is 1. The van der Waals surface area contributed by atoms with E-state index in [0.29, 0.717) is 44.2 Å². The molecule has 3 heterocycles. The molecule has 1 spiro atoms. The number of carbonyl (C=O) groups excluding carboxylic acids is 4. The number of hydrogen-bond donors (Lipinski definition) is 3. The van der Waals surface area contributed by atoms with Gasteiger partial charge in [-0.1, -0.05) is 18.2 Å². The number of rotatable bonds is 6. The summed E-state index contributed by atoms with van der Waals surface area (Å²) in [6.07, 6.45) is 0.885. The summed E-state index contributed by atoms with van der Waals surface area (Å²) in [5.74, 6) is -1.33. The number of nitrogens with one attached hydrogen (secondary N) is 2.